The van der Waals surface area contributed by atoms with Crippen LogP contribution in [0.1, 0.15) is 42.7 Å². The number of aromatic hydroxyl groups is 1. The summed E-state index contributed by atoms with van der Waals surface area (Å²) in [6, 6.07) is 9.89. The fraction of sp³-hybridized carbons (Fsp3) is 0.375. The van der Waals surface area contributed by atoms with Crippen molar-refractivity contribution in [1.82, 2.24) is 0 Å². The van der Waals surface area contributed by atoms with Crippen molar-refractivity contribution in [3.63, 3.8) is 0 Å². The first kappa shape index (κ1) is 11.5. The van der Waals surface area contributed by atoms with E-state index in [-0.39, 0.29) is 0 Å². The molecular formula is C16H19NO. The van der Waals surface area contributed by atoms with Crippen LogP contribution in [0.2, 0.25) is 0 Å². The highest BCUT2D eigenvalue weighted by molar-refractivity contribution is 5.88. The summed E-state index contributed by atoms with van der Waals surface area (Å²) in [4.78, 5) is 0. The molecule has 3 N–H and O–H groups in total. The largest absolute Gasteiger partial charge is 0.508 e. The zero-order chi connectivity index (χ0) is 12.5. The predicted octanol–water partition coefficient (Wildman–Crippen LogP) is 3.66. The van der Waals surface area contributed by atoms with Crippen LogP contribution in [0.3, 0.4) is 0 Å². The van der Waals surface area contributed by atoms with Gasteiger partial charge in [0, 0.05) is 6.54 Å². The second-order valence-corrected chi connectivity index (χ2v) is 5.23. The Morgan fingerprint density at radius 2 is 1.83 bits per heavy atom. The van der Waals surface area contributed by atoms with E-state index >= 15 is 0 Å². The van der Waals surface area contributed by atoms with Crippen LogP contribution in [0.5, 0.6) is 5.75 Å². The predicted molar refractivity (Wildman–Crippen MR) is 74.7 cm³/mol. The number of hydrogen-bond donors (Lipinski definition) is 2. The zero-order valence-electron chi connectivity index (χ0n) is 10.5. The Hall–Kier alpha value is -1.54. The number of rotatable bonds is 2. The molecule has 0 heterocycles. The molecule has 0 amide bonds. The Kier molecular flexibility index (Phi) is 2.96. The lowest BCUT2D eigenvalue weighted by Gasteiger charge is -2.18. The molecule has 0 spiro atoms. The van der Waals surface area contributed by atoms with E-state index in [9.17, 15) is 5.11 Å². The summed E-state index contributed by atoms with van der Waals surface area (Å²) in [5, 5.41) is 12.1. The summed E-state index contributed by atoms with van der Waals surface area (Å²) in [5.41, 5.74) is 8.50. The molecule has 18 heavy (non-hydrogen) atoms. The van der Waals surface area contributed by atoms with Gasteiger partial charge in [-0.05, 0) is 52.8 Å². The molecule has 0 bridgehead atoms. The highest BCUT2D eigenvalue weighted by Crippen LogP contribution is 2.40. The van der Waals surface area contributed by atoms with E-state index in [1.807, 2.05) is 12.1 Å². The van der Waals surface area contributed by atoms with Gasteiger partial charge in [0.2, 0.25) is 0 Å². The number of phenols is 1. The lowest BCUT2D eigenvalue weighted by atomic mass is 9.88. The molecule has 1 aliphatic rings. The summed E-state index contributed by atoms with van der Waals surface area (Å²) >= 11 is 0. The van der Waals surface area contributed by atoms with Gasteiger partial charge in [-0.15, -0.1) is 0 Å². The minimum Gasteiger partial charge on any atom is -0.508 e. The zero-order valence-corrected chi connectivity index (χ0v) is 10.5. The fourth-order valence-electron chi connectivity index (χ4n) is 3.25. The number of benzene rings is 2. The maximum absolute atomic E-state index is 9.73. The van der Waals surface area contributed by atoms with E-state index in [2.05, 4.69) is 12.1 Å². The smallest absolute Gasteiger partial charge is 0.116 e. The Labute approximate surface area is 107 Å². The van der Waals surface area contributed by atoms with Crippen LogP contribution in [-0.2, 0) is 6.54 Å². The average Bonchev–Trinajstić information content (AvgIpc) is 2.90. The molecule has 2 aromatic carbocycles. The minimum absolute atomic E-state index is 0.343. The highest BCUT2D eigenvalue weighted by Gasteiger charge is 2.21. The molecule has 94 valence electrons. The third kappa shape index (κ3) is 1.87. The van der Waals surface area contributed by atoms with Crippen molar-refractivity contribution in [3.05, 3.63) is 41.5 Å². The molecule has 1 aliphatic carbocycles. The number of fused-ring (bicyclic) bond motifs is 1. The van der Waals surface area contributed by atoms with Crippen LogP contribution in [0.4, 0.5) is 0 Å². The van der Waals surface area contributed by atoms with Gasteiger partial charge in [0.05, 0.1) is 0 Å². The third-order valence-corrected chi connectivity index (χ3v) is 4.12. The Morgan fingerprint density at radius 3 is 2.56 bits per heavy atom. The van der Waals surface area contributed by atoms with E-state index in [4.69, 9.17) is 5.73 Å². The second-order valence-electron chi connectivity index (χ2n) is 5.23. The molecule has 0 unspecified atom stereocenters. The van der Waals surface area contributed by atoms with E-state index in [0.29, 0.717) is 18.2 Å². The SMILES string of the molecule is NCc1ccc2ccc(O)cc2c1C1CCCC1. The summed E-state index contributed by atoms with van der Waals surface area (Å²) in [5.74, 6) is 0.963. The van der Waals surface area contributed by atoms with Crippen LogP contribution in [0.15, 0.2) is 30.3 Å². The number of nitrogens with two attached hydrogens (primary N) is 1. The minimum atomic E-state index is 0.343. The first-order valence-electron chi connectivity index (χ1n) is 6.74. The number of phenolic OH excluding ortho intramolecular Hbond substituents is 1. The average molecular weight is 241 g/mol. The van der Waals surface area contributed by atoms with Crippen LogP contribution in [-0.4, -0.2) is 5.11 Å². The molecular weight excluding hydrogens is 222 g/mol. The highest BCUT2D eigenvalue weighted by atomic mass is 16.3. The molecule has 0 atom stereocenters. The van der Waals surface area contributed by atoms with Gasteiger partial charge in [0.15, 0.2) is 0 Å². The molecule has 1 fully saturated rings. The molecule has 0 aliphatic heterocycles. The van der Waals surface area contributed by atoms with Crippen molar-refractivity contribution < 1.29 is 5.11 Å². The summed E-state index contributed by atoms with van der Waals surface area (Å²) < 4.78 is 0. The fourth-order valence-corrected chi connectivity index (χ4v) is 3.25. The van der Waals surface area contributed by atoms with Gasteiger partial charge in [0.1, 0.15) is 5.75 Å². The molecule has 1 saturated carbocycles. The Balaban J connectivity index is 2.25. The van der Waals surface area contributed by atoms with E-state index in [1.165, 1.54) is 47.6 Å². The van der Waals surface area contributed by atoms with Crippen molar-refractivity contribution in [2.24, 2.45) is 5.73 Å². The summed E-state index contributed by atoms with van der Waals surface area (Å²) in [7, 11) is 0. The third-order valence-electron chi connectivity index (χ3n) is 4.12. The van der Waals surface area contributed by atoms with E-state index < -0.39 is 0 Å². The van der Waals surface area contributed by atoms with Gasteiger partial charge in [-0.2, -0.15) is 0 Å². The van der Waals surface area contributed by atoms with Gasteiger partial charge < -0.3 is 10.8 Å². The maximum Gasteiger partial charge on any atom is 0.116 e. The first-order chi connectivity index (χ1) is 8.79. The van der Waals surface area contributed by atoms with Crippen molar-refractivity contribution in [1.29, 1.82) is 0 Å². The van der Waals surface area contributed by atoms with Gasteiger partial charge in [-0.25, -0.2) is 0 Å². The van der Waals surface area contributed by atoms with Crippen LogP contribution in [0, 0.1) is 0 Å². The number of hydrogen-bond acceptors (Lipinski definition) is 2. The van der Waals surface area contributed by atoms with Crippen LogP contribution in [0.25, 0.3) is 10.8 Å². The molecule has 0 radical (unpaired) electrons. The first-order valence-corrected chi connectivity index (χ1v) is 6.74. The van der Waals surface area contributed by atoms with Gasteiger partial charge in [-0.1, -0.05) is 31.0 Å². The van der Waals surface area contributed by atoms with E-state index in [0.717, 1.165) is 0 Å². The van der Waals surface area contributed by atoms with Gasteiger partial charge in [0.25, 0.3) is 0 Å². The second kappa shape index (κ2) is 4.62. The molecule has 2 aromatic rings. The van der Waals surface area contributed by atoms with Gasteiger partial charge in [-0.3, -0.25) is 0 Å². The van der Waals surface area contributed by atoms with Gasteiger partial charge >= 0.3 is 0 Å². The van der Waals surface area contributed by atoms with Crippen molar-refractivity contribution in [3.8, 4) is 5.75 Å². The van der Waals surface area contributed by atoms with Crippen LogP contribution < -0.4 is 5.73 Å². The van der Waals surface area contributed by atoms with Crippen molar-refractivity contribution >= 4 is 10.8 Å². The normalized spacial score (nSPS) is 16.5. The topological polar surface area (TPSA) is 46.2 Å². The van der Waals surface area contributed by atoms with Crippen molar-refractivity contribution in [2.45, 2.75) is 38.1 Å². The molecule has 0 saturated heterocycles. The quantitative estimate of drug-likeness (QED) is 0.842. The Morgan fingerprint density at radius 1 is 1.11 bits per heavy atom. The molecule has 0 aromatic heterocycles. The lowest BCUT2D eigenvalue weighted by molar-refractivity contribution is 0.476. The van der Waals surface area contributed by atoms with E-state index in [1.54, 1.807) is 6.07 Å². The summed E-state index contributed by atoms with van der Waals surface area (Å²) in [6.45, 7) is 0.581. The standard InChI is InChI=1S/C16H19NO/c17-10-13-6-5-11-7-8-14(18)9-15(11)16(13)12-3-1-2-4-12/h5-9,12,18H,1-4,10,17H2. The lowest BCUT2D eigenvalue weighted by Crippen LogP contribution is -2.05. The Bertz CT molecular complexity index is 571. The van der Waals surface area contributed by atoms with Crippen molar-refractivity contribution in [2.75, 3.05) is 0 Å². The maximum atomic E-state index is 9.73. The monoisotopic (exact) mass is 241 g/mol. The van der Waals surface area contributed by atoms with Crippen LogP contribution >= 0.6 is 0 Å². The summed E-state index contributed by atoms with van der Waals surface area (Å²) in [6.07, 6.45) is 5.12. The molecule has 3 rings (SSSR count). The molecule has 2 nitrogen and oxygen atoms in total. The molecule has 2 heteroatoms.